The molecule has 0 fully saturated rings. The van der Waals surface area contributed by atoms with Gasteiger partial charge in [-0.15, -0.1) is 0 Å². The summed E-state index contributed by atoms with van der Waals surface area (Å²) in [6.07, 6.45) is 4.34. The molecule has 15 heavy (non-hydrogen) atoms. The fourth-order valence-electron chi connectivity index (χ4n) is 2.07. The molecule has 0 amide bonds. The summed E-state index contributed by atoms with van der Waals surface area (Å²) in [7, 11) is 0. The van der Waals surface area contributed by atoms with E-state index in [9.17, 15) is 0 Å². The molecule has 0 bridgehead atoms. The van der Waals surface area contributed by atoms with Crippen LogP contribution in [0.15, 0.2) is 33.9 Å². The summed E-state index contributed by atoms with van der Waals surface area (Å²) in [5.41, 5.74) is 4.85. The molecule has 0 unspecified atom stereocenters. The van der Waals surface area contributed by atoms with Gasteiger partial charge in [0, 0.05) is 28.4 Å². The average molecular weight is 263 g/mol. The Kier molecular flexibility index (Phi) is 2.13. The maximum Gasteiger partial charge on any atom is 0.0724 e. The van der Waals surface area contributed by atoms with Crippen LogP contribution in [0.25, 0.3) is 5.57 Å². The number of halogens is 1. The Hall–Kier alpha value is -1.09. The molecule has 2 aliphatic heterocycles. The summed E-state index contributed by atoms with van der Waals surface area (Å²) in [6, 6.07) is 6.29. The fourth-order valence-corrected chi connectivity index (χ4v) is 2.42. The number of rotatable bonds is 0. The van der Waals surface area contributed by atoms with Gasteiger partial charge in [-0.25, -0.2) is 0 Å². The van der Waals surface area contributed by atoms with Crippen molar-refractivity contribution < 1.29 is 0 Å². The number of hydrogen-bond acceptors (Lipinski definition) is 2. The van der Waals surface area contributed by atoms with E-state index in [1.807, 2.05) is 0 Å². The molecule has 3 rings (SSSR count). The quantitative estimate of drug-likeness (QED) is 0.763. The van der Waals surface area contributed by atoms with Gasteiger partial charge in [-0.2, -0.15) is 0 Å². The first kappa shape index (κ1) is 9.16. The zero-order chi connectivity index (χ0) is 10.3. The minimum Gasteiger partial charge on any atom is -0.390 e. The molecular weight excluding hydrogens is 252 g/mol. The predicted octanol–water partition coefficient (Wildman–Crippen LogP) is 3.26. The highest BCUT2D eigenvalue weighted by Gasteiger charge is 2.21. The van der Waals surface area contributed by atoms with E-state index in [4.69, 9.17) is 0 Å². The minimum atomic E-state index is 1.05. The summed E-state index contributed by atoms with van der Waals surface area (Å²) >= 11 is 3.48. The number of hydrogen-bond donors (Lipinski definition) is 1. The van der Waals surface area contributed by atoms with Crippen LogP contribution >= 0.6 is 15.9 Å². The van der Waals surface area contributed by atoms with Crippen LogP contribution in [0.3, 0.4) is 0 Å². The van der Waals surface area contributed by atoms with Crippen LogP contribution in [0.5, 0.6) is 0 Å². The number of benzene rings is 1. The molecule has 0 aliphatic carbocycles. The van der Waals surface area contributed by atoms with Crippen molar-refractivity contribution in [2.75, 3.05) is 6.54 Å². The molecule has 2 heterocycles. The first-order chi connectivity index (χ1) is 7.34. The van der Waals surface area contributed by atoms with Crippen LogP contribution in [0.1, 0.15) is 18.4 Å². The first-order valence-electron chi connectivity index (χ1n) is 5.16. The van der Waals surface area contributed by atoms with Gasteiger partial charge < -0.3 is 5.32 Å². The van der Waals surface area contributed by atoms with Crippen LogP contribution in [0.4, 0.5) is 5.69 Å². The molecule has 1 N–H and O–H groups in total. The second kappa shape index (κ2) is 3.49. The van der Waals surface area contributed by atoms with Gasteiger partial charge in [-0.1, -0.05) is 22.0 Å². The van der Waals surface area contributed by atoms with E-state index >= 15 is 0 Å². The van der Waals surface area contributed by atoms with Crippen molar-refractivity contribution in [2.45, 2.75) is 12.8 Å². The Labute approximate surface area is 97.2 Å². The Balaban J connectivity index is 2.15. The second-order valence-electron chi connectivity index (χ2n) is 3.84. The lowest BCUT2D eigenvalue weighted by Gasteiger charge is -2.01. The number of allylic oxidation sites excluding steroid dienone is 1. The minimum absolute atomic E-state index is 1.05. The Morgan fingerprint density at radius 2 is 2.27 bits per heavy atom. The SMILES string of the molecule is Brc1ccc2c(c1)N=C1CCCNC=C12. The zero-order valence-electron chi connectivity index (χ0n) is 8.26. The molecule has 0 aromatic heterocycles. The molecular formula is C12H11BrN2. The topological polar surface area (TPSA) is 24.4 Å². The van der Waals surface area contributed by atoms with Crippen molar-refractivity contribution in [1.29, 1.82) is 0 Å². The lowest BCUT2D eigenvalue weighted by atomic mass is 10.0. The van der Waals surface area contributed by atoms with Crippen LogP contribution < -0.4 is 5.32 Å². The van der Waals surface area contributed by atoms with Gasteiger partial charge in [0.2, 0.25) is 0 Å². The van der Waals surface area contributed by atoms with E-state index in [2.05, 4.69) is 50.6 Å². The highest BCUT2D eigenvalue weighted by Crippen LogP contribution is 2.37. The van der Waals surface area contributed by atoms with E-state index in [0.29, 0.717) is 0 Å². The van der Waals surface area contributed by atoms with Gasteiger partial charge in [0.15, 0.2) is 0 Å². The molecule has 0 saturated heterocycles. The summed E-state index contributed by atoms with van der Waals surface area (Å²) < 4.78 is 1.09. The molecule has 0 spiro atoms. The van der Waals surface area contributed by atoms with E-state index in [1.165, 1.54) is 16.8 Å². The monoisotopic (exact) mass is 262 g/mol. The third-order valence-electron chi connectivity index (χ3n) is 2.80. The van der Waals surface area contributed by atoms with Gasteiger partial charge in [0.05, 0.1) is 11.4 Å². The highest BCUT2D eigenvalue weighted by molar-refractivity contribution is 9.10. The molecule has 2 nitrogen and oxygen atoms in total. The van der Waals surface area contributed by atoms with Crippen molar-refractivity contribution >= 4 is 32.9 Å². The Morgan fingerprint density at radius 3 is 3.20 bits per heavy atom. The van der Waals surface area contributed by atoms with E-state index in [0.717, 1.165) is 29.5 Å². The van der Waals surface area contributed by atoms with E-state index in [-0.39, 0.29) is 0 Å². The van der Waals surface area contributed by atoms with Crippen molar-refractivity contribution in [2.24, 2.45) is 4.99 Å². The maximum atomic E-state index is 4.67. The van der Waals surface area contributed by atoms with Crippen LogP contribution in [-0.4, -0.2) is 12.3 Å². The van der Waals surface area contributed by atoms with Gasteiger partial charge in [0.25, 0.3) is 0 Å². The van der Waals surface area contributed by atoms with Gasteiger partial charge >= 0.3 is 0 Å². The summed E-state index contributed by atoms with van der Waals surface area (Å²) in [4.78, 5) is 4.67. The highest BCUT2D eigenvalue weighted by atomic mass is 79.9. The first-order valence-corrected chi connectivity index (χ1v) is 5.95. The molecule has 1 aromatic carbocycles. The van der Waals surface area contributed by atoms with E-state index < -0.39 is 0 Å². The predicted molar refractivity (Wildman–Crippen MR) is 66.5 cm³/mol. The number of nitrogens with zero attached hydrogens (tertiary/aromatic N) is 1. The lowest BCUT2D eigenvalue weighted by Crippen LogP contribution is -2.04. The van der Waals surface area contributed by atoms with Crippen LogP contribution in [0, 0.1) is 0 Å². The van der Waals surface area contributed by atoms with Gasteiger partial charge in [-0.3, -0.25) is 4.99 Å². The second-order valence-corrected chi connectivity index (χ2v) is 4.75. The van der Waals surface area contributed by atoms with Crippen molar-refractivity contribution in [3.63, 3.8) is 0 Å². The van der Waals surface area contributed by atoms with Gasteiger partial charge in [-0.05, 0) is 25.0 Å². The standard InChI is InChI=1S/C12H11BrN2/c13-8-3-4-9-10-7-14-5-1-2-11(10)15-12(9)6-8/h3-4,6-7,14H,1-2,5H2. The Bertz CT molecular complexity index is 475. The summed E-state index contributed by atoms with van der Waals surface area (Å²) in [5, 5.41) is 3.32. The average Bonchev–Trinajstić information content (AvgIpc) is 2.42. The third kappa shape index (κ3) is 1.51. The smallest absolute Gasteiger partial charge is 0.0724 e. The number of nitrogens with one attached hydrogen (secondary N) is 1. The molecule has 0 atom stereocenters. The van der Waals surface area contributed by atoms with Crippen LogP contribution in [-0.2, 0) is 0 Å². The number of aliphatic imine (C=N–C) groups is 1. The van der Waals surface area contributed by atoms with Crippen molar-refractivity contribution in [3.05, 3.63) is 34.4 Å². The maximum absolute atomic E-state index is 4.67. The van der Waals surface area contributed by atoms with E-state index in [1.54, 1.807) is 0 Å². The zero-order valence-corrected chi connectivity index (χ0v) is 9.84. The summed E-state index contributed by atoms with van der Waals surface area (Å²) in [5.74, 6) is 0. The normalized spacial score (nSPS) is 18.2. The Morgan fingerprint density at radius 1 is 1.33 bits per heavy atom. The fraction of sp³-hybridized carbons (Fsp3) is 0.250. The molecule has 0 radical (unpaired) electrons. The van der Waals surface area contributed by atoms with Crippen molar-refractivity contribution in [1.82, 2.24) is 5.32 Å². The van der Waals surface area contributed by atoms with Crippen molar-refractivity contribution in [3.8, 4) is 0 Å². The lowest BCUT2D eigenvalue weighted by molar-refractivity contribution is 0.790. The summed E-state index contributed by atoms with van der Waals surface area (Å²) in [6.45, 7) is 1.05. The largest absolute Gasteiger partial charge is 0.390 e. The molecule has 1 aromatic rings. The van der Waals surface area contributed by atoms with Crippen LogP contribution in [0.2, 0.25) is 0 Å². The molecule has 3 heteroatoms. The van der Waals surface area contributed by atoms with Gasteiger partial charge in [0.1, 0.15) is 0 Å². The molecule has 2 aliphatic rings. The third-order valence-corrected chi connectivity index (χ3v) is 3.29. The molecule has 0 saturated carbocycles. The molecule has 76 valence electrons. The number of fused-ring (bicyclic) bond motifs is 3.